The van der Waals surface area contributed by atoms with Gasteiger partial charge in [0, 0.05) is 13.1 Å². The summed E-state index contributed by atoms with van der Waals surface area (Å²) in [6.45, 7) is 10.4. The van der Waals surface area contributed by atoms with Crippen molar-refractivity contribution in [3.05, 3.63) is 0 Å². The summed E-state index contributed by atoms with van der Waals surface area (Å²) in [5, 5.41) is 2.68. The van der Waals surface area contributed by atoms with Crippen LogP contribution in [0.25, 0.3) is 0 Å². The Hall–Kier alpha value is -1.26. The molecule has 0 aromatic carbocycles. The van der Waals surface area contributed by atoms with E-state index in [0.717, 1.165) is 25.9 Å². The third kappa shape index (κ3) is 5.39. The first-order valence-electron chi connectivity index (χ1n) is 7.42. The molecule has 0 spiro atoms. The zero-order chi connectivity index (χ0) is 15.4. The zero-order valence-electron chi connectivity index (χ0n) is 13.4. The first-order chi connectivity index (χ1) is 9.12. The molecule has 0 aliphatic carbocycles. The summed E-state index contributed by atoms with van der Waals surface area (Å²) < 4.78 is 5.21. The van der Waals surface area contributed by atoms with E-state index < -0.39 is 17.2 Å². The van der Waals surface area contributed by atoms with Gasteiger partial charge in [0.15, 0.2) is 0 Å². The van der Waals surface area contributed by atoms with Gasteiger partial charge in [0.25, 0.3) is 0 Å². The average molecular weight is 284 g/mol. The highest BCUT2D eigenvalue weighted by molar-refractivity contribution is 5.89. The Labute approximate surface area is 122 Å². The van der Waals surface area contributed by atoms with E-state index >= 15 is 0 Å². The smallest absolute Gasteiger partial charge is 0.408 e. The van der Waals surface area contributed by atoms with Crippen molar-refractivity contribution < 1.29 is 14.3 Å². The molecule has 1 fully saturated rings. The van der Waals surface area contributed by atoms with Gasteiger partial charge in [-0.1, -0.05) is 12.8 Å². The van der Waals surface area contributed by atoms with Crippen LogP contribution in [-0.2, 0) is 9.53 Å². The Morgan fingerprint density at radius 3 is 1.90 bits per heavy atom. The molecule has 0 aromatic heterocycles. The fourth-order valence-corrected chi connectivity index (χ4v) is 2.28. The van der Waals surface area contributed by atoms with Crippen LogP contribution in [0.3, 0.4) is 0 Å². The largest absolute Gasteiger partial charge is 0.444 e. The van der Waals surface area contributed by atoms with E-state index in [1.807, 2.05) is 4.90 Å². The zero-order valence-corrected chi connectivity index (χ0v) is 13.4. The second-order valence-electron chi connectivity index (χ2n) is 6.96. The van der Waals surface area contributed by atoms with Crippen molar-refractivity contribution in [3.8, 4) is 0 Å². The summed E-state index contributed by atoms with van der Waals surface area (Å²) >= 11 is 0. The maximum Gasteiger partial charge on any atom is 0.408 e. The number of hydrogen-bond acceptors (Lipinski definition) is 3. The average Bonchev–Trinajstić information content (AvgIpc) is 2.52. The molecule has 0 aromatic rings. The van der Waals surface area contributed by atoms with E-state index in [1.54, 1.807) is 34.6 Å². The van der Waals surface area contributed by atoms with Gasteiger partial charge in [0.05, 0.1) is 0 Å². The van der Waals surface area contributed by atoms with Crippen molar-refractivity contribution in [2.75, 3.05) is 13.1 Å². The molecular weight excluding hydrogens is 256 g/mol. The Bertz CT molecular complexity index is 351. The van der Waals surface area contributed by atoms with E-state index in [4.69, 9.17) is 4.74 Å². The molecule has 5 nitrogen and oxygen atoms in total. The standard InChI is InChI=1S/C15H28N2O3/c1-14(2,3)20-13(19)16-15(4,5)12(18)17-10-8-6-7-9-11-17/h6-11H2,1-5H3,(H,16,19). The fourth-order valence-electron chi connectivity index (χ4n) is 2.28. The van der Waals surface area contributed by atoms with Crippen molar-refractivity contribution in [1.82, 2.24) is 10.2 Å². The van der Waals surface area contributed by atoms with Gasteiger partial charge in [0.2, 0.25) is 5.91 Å². The van der Waals surface area contributed by atoms with Crippen LogP contribution in [-0.4, -0.2) is 41.1 Å². The highest BCUT2D eigenvalue weighted by Gasteiger charge is 2.35. The van der Waals surface area contributed by atoms with Crippen LogP contribution in [0.2, 0.25) is 0 Å². The van der Waals surface area contributed by atoms with E-state index in [9.17, 15) is 9.59 Å². The van der Waals surface area contributed by atoms with Gasteiger partial charge in [-0.2, -0.15) is 0 Å². The predicted molar refractivity (Wildman–Crippen MR) is 78.5 cm³/mol. The molecule has 2 amide bonds. The van der Waals surface area contributed by atoms with Gasteiger partial charge >= 0.3 is 6.09 Å². The molecule has 1 aliphatic heterocycles. The monoisotopic (exact) mass is 284 g/mol. The molecule has 1 N–H and O–H groups in total. The van der Waals surface area contributed by atoms with Crippen LogP contribution in [0.5, 0.6) is 0 Å². The van der Waals surface area contributed by atoms with Crippen LogP contribution in [0.4, 0.5) is 4.79 Å². The molecule has 5 heteroatoms. The van der Waals surface area contributed by atoms with Crippen molar-refractivity contribution in [3.63, 3.8) is 0 Å². The predicted octanol–water partition coefficient (Wildman–Crippen LogP) is 2.69. The Morgan fingerprint density at radius 1 is 0.950 bits per heavy atom. The number of amides is 2. The van der Waals surface area contributed by atoms with Crippen molar-refractivity contribution in [2.45, 2.75) is 71.4 Å². The number of alkyl carbamates (subject to hydrolysis) is 1. The third-order valence-corrected chi connectivity index (χ3v) is 3.24. The van der Waals surface area contributed by atoms with E-state index in [2.05, 4.69) is 5.32 Å². The molecule has 20 heavy (non-hydrogen) atoms. The van der Waals surface area contributed by atoms with Crippen LogP contribution in [0, 0.1) is 0 Å². The van der Waals surface area contributed by atoms with E-state index in [1.165, 1.54) is 12.8 Å². The number of likely N-dealkylation sites (tertiary alicyclic amines) is 1. The Balaban J connectivity index is 2.62. The summed E-state index contributed by atoms with van der Waals surface area (Å²) in [5.74, 6) is -0.0368. The number of carbonyl (C=O) groups is 2. The highest BCUT2D eigenvalue weighted by Crippen LogP contribution is 2.16. The molecule has 1 aliphatic rings. The highest BCUT2D eigenvalue weighted by atomic mass is 16.6. The van der Waals surface area contributed by atoms with Crippen LogP contribution in [0.15, 0.2) is 0 Å². The maximum absolute atomic E-state index is 12.5. The lowest BCUT2D eigenvalue weighted by Crippen LogP contribution is -2.56. The number of nitrogens with one attached hydrogen (secondary N) is 1. The molecule has 1 rings (SSSR count). The van der Waals surface area contributed by atoms with Crippen molar-refractivity contribution >= 4 is 12.0 Å². The van der Waals surface area contributed by atoms with Gasteiger partial charge < -0.3 is 15.0 Å². The molecule has 0 saturated carbocycles. The topological polar surface area (TPSA) is 58.6 Å². The lowest BCUT2D eigenvalue weighted by atomic mass is 10.0. The molecular formula is C15H28N2O3. The van der Waals surface area contributed by atoms with Gasteiger partial charge in [-0.25, -0.2) is 4.79 Å². The molecule has 1 saturated heterocycles. The number of nitrogens with zero attached hydrogens (tertiary/aromatic N) is 1. The summed E-state index contributed by atoms with van der Waals surface area (Å²) in [5.41, 5.74) is -1.50. The minimum Gasteiger partial charge on any atom is -0.444 e. The molecule has 0 bridgehead atoms. The third-order valence-electron chi connectivity index (χ3n) is 3.24. The molecule has 0 radical (unpaired) electrons. The van der Waals surface area contributed by atoms with Crippen molar-refractivity contribution in [1.29, 1.82) is 0 Å². The van der Waals surface area contributed by atoms with Gasteiger partial charge in [-0.05, 0) is 47.5 Å². The first kappa shape index (κ1) is 16.8. The van der Waals surface area contributed by atoms with Crippen LogP contribution < -0.4 is 5.32 Å². The number of carbonyl (C=O) groups excluding carboxylic acids is 2. The van der Waals surface area contributed by atoms with Crippen LogP contribution >= 0.6 is 0 Å². The van der Waals surface area contributed by atoms with E-state index in [-0.39, 0.29) is 5.91 Å². The molecule has 0 atom stereocenters. The minimum atomic E-state index is -0.938. The SMILES string of the molecule is CC(C)(C)OC(=O)NC(C)(C)C(=O)N1CCCCCC1. The lowest BCUT2D eigenvalue weighted by Gasteiger charge is -2.32. The molecule has 0 unspecified atom stereocenters. The summed E-state index contributed by atoms with van der Waals surface area (Å²) in [4.78, 5) is 26.2. The van der Waals surface area contributed by atoms with Gasteiger partial charge in [-0.15, -0.1) is 0 Å². The fraction of sp³-hybridized carbons (Fsp3) is 0.867. The number of ether oxygens (including phenoxy) is 1. The second-order valence-corrected chi connectivity index (χ2v) is 6.96. The lowest BCUT2D eigenvalue weighted by molar-refractivity contribution is -0.137. The van der Waals surface area contributed by atoms with Crippen LogP contribution in [0.1, 0.15) is 60.3 Å². The Morgan fingerprint density at radius 2 is 1.45 bits per heavy atom. The van der Waals surface area contributed by atoms with Gasteiger partial charge in [-0.3, -0.25) is 4.79 Å². The molecule has 1 heterocycles. The summed E-state index contributed by atoms with van der Waals surface area (Å²) in [7, 11) is 0. The Kier molecular flexibility index (Phi) is 5.42. The second kappa shape index (κ2) is 6.46. The first-order valence-corrected chi connectivity index (χ1v) is 7.42. The van der Waals surface area contributed by atoms with Gasteiger partial charge in [0.1, 0.15) is 11.1 Å². The van der Waals surface area contributed by atoms with E-state index in [0.29, 0.717) is 0 Å². The summed E-state index contributed by atoms with van der Waals surface area (Å²) in [6, 6.07) is 0. The quantitative estimate of drug-likeness (QED) is 0.848. The minimum absolute atomic E-state index is 0.0368. The maximum atomic E-state index is 12.5. The number of rotatable bonds is 2. The normalized spacial score (nSPS) is 17.4. The molecule has 116 valence electrons. The van der Waals surface area contributed by atoms with Crippen molar-refractivity contribution in [2.24, 2.45) is 0 Å². The summed E-state index contributed by atoms with van der Waals surface area (Å²) in [6.07, 6.45) is 3.86. The number of hydrogen-bond donors (Lipinski definition) is 1.